The summed E-state index contributed by atoms with van der Waals surface area (Å²) in [6, 6.07) is 22.7. The number of likely N-dealkylation sites (tertiary alicyclic amines) is 1. The van der Waals surface area contributed by atoms with Crippen molar-refractivity contribution >= 4 is 51.7 Å². The number of rotatable bonds is 7. The molecule has 1 saturated heterocycles. The fourth-order valence-electron chi connectivity index (χ4n) is 4.27. The maximum absolute atomic E-state index is 13.0. The number of thiazole rings is 1. The fraction of sp³-hybridized carbons (Fsp3) is 0.172. The van der Waals surface area contributed by atoms with Crippen molar-refractivity contribution in [3.8, 4) is 11.3 Å². The number of nitrogens with zero attached hydrogens (tertiary/aromatic N) is 2. The molecule has 39 heavy (non-hydrogen) atoms. The summed E-state index contributed by atoms with van der Waals surface area (Å²) in [4.78, 5) is 44.3. The lowest BCUT2D eigenvalue weighted by molar-refractivity contribution is -0.120. The number of aromatic nitrogens is 1. The Kier molecular flexibility index (Phi) is 8.19. The SMILES string of the molecule is O=C(Nc1cccc(-c2csc(NC(=O)C3CCCN3C(=O)OCc3ccccc3)n2)c1)c1ccc(Cl)cc1. The Morgan fingerprint density at radius 2 is 1.79 bits per heavy atom. The Balaban J connectivity index is 1.20. The number of hydrogen-bond donors (Lipinski definition) is 2. The van der Waals surface area contributed by atoms with Gasteiger partial charge in [-0.2, -0.15) is 0 Å². The van der Waals surface area contributed by atoms with E-state index in [1.807, 2.05) is 53.9 Å². The van der Waals surface area contributed by atoms with Crippen molar-refractivity contribution in [2.75, 3.05) is 17.2 Å². The van der Waals surface area contributed by atoms with E-state index >= 15 is 0 Å². The summed E-state index contributed by atoms with van der Waals surface area (Å²) < 4.78 is 5.43. The van der Waals surface area contributed by atoms with Crippen LogP contribution in [0.15, 0.2) is 84.2 Å². The predicted octanol–water partition coefficient (Wildman–Crippen LogP) is 6.46. The van der Waals surface area contributed by atoms with Gasteiger partial charge in [0.1, 0.15) is 12.6 Å². The molecule has 0 aliphatic carbocycles. The van der Waals surface area contributed by atoms with E-state index in [1.54, 1.807) is 30.3 Å². The number of hydrogen-bond acceptors (Lipinski definition) is 6. The van der Waals surface area contributed by atoms with Crippen LogP contribution in [0, 0.1) is 0 Å². The number of anilines is 2. The van der Waals surface area contributed by atoms with Crippen LogP contribution in [0.25, 0.3) is 11.3 Å². The molecule has 1 atom stereocenters. The van der Waals surface area contributed by atoms with Gasteiger partial charge in [0.05, 0.1) is 5.69 Å². The fourth-order valence-corrected chi connectivity index (χ4v) is 5.12. The van der Waals surface area contributed by atoms with Crippen LogP contribution in [0.1, 0.15) is 28.8 Å². The van der Waals surface area contributed by atoms with Crippen molar-refractivity contribution in [1.29, 1.82) is 0 Å². The molecular weight excluding hydrogens is 536 g/mol. The quantitative estimate of drug-likeness (QED) is 0.270. The van der Waals surface area contributed by atoms with Crippen LogP contribution in [0.3, 0.4) is 0 Å². The number of nitrogens with one attached hydrogen (secondary N) is 2. The van der Waals surface area contributed by atoms with Gasteiger partial charge < -0.3 is 15.4 Å². The molecule has 4 aromatic rings. The lowest BCUT2D eigenvalue weighted by atomic mass is 10.1. The molecule has 0 radical (unpaired) electrons. The zero-order chi connectivity index (χ0) is 27.2. The summed E-state index contributed by atoms with van der Waals surface area (Å²) in [6.07, 6.45) is 0.768. The molecule has 1 aliphatic heterocycles. The minimum absolute atomic E-state index is 0.152. The Morgan fingerprint density at radius 1 is 1.00 bits per heavy atom. The zero-order valence-corrected chi connectivity index (χ0v) is 22.4. The minimum atomic E-state index is -0.618. The summed E-state index contributed by atoms with van der Waals surface area (Å²) in [6.45, 7) is 0.614. The molecule has 0 bridgehead atoms. The van der Waals surface area contributed by atoms with Gasteiger partial charge in [0.25, 0.3) is 5.91 Å². The molecule has 198 valence electrons. The van der Waals surface area contributed by atoms with Crippen LogP contribution >= 0.6 is 22.9 Å². The van der Waals surface area contributed by atoms with Crippen LogP contribution in [-0.4, -0.2) is 40.4 Å². The molecule has 0 spiro atoms. The summed E-state index contributed by atoms with van der Waals surface area (Å²) in [5.74, 6) is -0.549. The average Bonchev–Trinajstić information content (AvgIpc) is 3.63. The molecule has 2 heterocycles. The molecule has 1 fully saturated rings. The third-order valence-corrected chi connectivity index (χ3v) is 7.26. The van der Waals surface area contributed by atoms with Gasteiger partial charge in [-0.15, -0.1) is 11.3 Å². The highest BCUT2D eigenvalue weighted by molar-refractivity contribution is 7.14. The van der Waals surface area contributed by atoms with Crippen LogP contribution in [0.2, 0.25) is 5.02 Å². The van der Waals surface area contributed by atoms with Crippen LogP contribution < -0.4 is 10.6 Å². The van der Waals surface area contributed by atoms with E-state index in [-0.39, 0.29) is 18.4 Å². The first-order valence-corrected chi connectivity index (χ1v) is 13.6. The van der Waals surface area contributed by atoms with Gasteiger partial charge in [0.2, 0.25) is 5.91 Å². The summed E-state index contributed by atoms with van der Waals surface area (Å²) >= 11 is 7.19. The van der Waals surface area contributed by atoms with Gasteiger partial charge in [0, 0.05) is 33.8 Å². The van der Waals surface area contributed by atoms with Crippen molar-refractivity contribution in [2.45, 2.75) is 25.5 Å². The van der Waals surface area contributed by atoms with Crippen molar-refractivity contribution in [2.24, 2.45) is 0 Å². The molecule has 0 saturated carbocycles. The largest absolute Gasteiger partial charge is 0.445 e. The Hall–Kier alpha value is -4.21. The van der Waals surface area contributed by atoms with Crippen molar-refractivity contribution < 1.29 is 19.1 Å². The smallest absolute Gasteiger partial charge is 0.410 e. The zero-order valence-electron chi connectivity index (χ0n) is 20.8. The standard InChI is InChI=1S/C29H25ClN4O4S/c30-22-13-11-20(12-14-22)26(35)31-23-9-4-8-21(16-23)24-18-39-28(32-24)33-27(36)25-10-5-15-34(25)29(37)38-17-19-6-2-1-3-7-19/h1-4,6-9,11-14,16,18,25H,5,10,15,17H2,(H,31,35)(H,32,33,36). The highest BCUT2D eigenvalue weighted by Gasteiger charge is 2.35. The second kappa shape index (κ2) is 12.1. The summed E-state index contributed by atoms with van der Waals surface area (Å²) in [5.41, 5.74) is 3.43. The molecule has 2 N–H and O–H groups in total. The number of halogens is 1. The highest BCUT2D eigenvalue weighted by Crippen LogP contribution is 2.28. The molecule has 1 unspecified atom stereocenters. The Morgan fingerprint density at radius 3 is 2.59 bits per heavy atom. The maximum Gasteiger partial charge on any atom is 0.410 e. The first kappa shape index (κ1) is 26.4. The van der Waals surface area contributed by atoms with Crippen molar-refractivity contribution in [3.05, 3.63) is 100 Å². The third kappa shape index (κ3) is 6.63. The van der Waals surface area contributed by atoms with Crippen LogP contribution in [0.5, 0.6) is 0 Å². The molecule has 1 aliphatic rings. The number of carbonyl (C=O) groups is 3. The number of carbonyl (C=O) groups excluding carboxylic acids is 3. The van der Waals surface area contributed by atoms with Gasteiger partial charge in [-0.1, -0.05) is 54.1 Å². The van der Waals surface area contributed by atoms with E-state index in [4.69, 9.17) is 16.3 Å². The molecule has 3 amide bonds. The number of benzene rings is 3. The topological polar surface area (TPSA) is 101 Å². The first-order valence-electron chi connectivity index (χ1n) is 12.4. The summed E-state index contributed by atoms with van der Waals surface area (Å²) in [7, 11) is 0. The van der Waals surface area contributed by atoms with Gasteiger partial charge >= 0.3 is 6.09 Å². The Bertz CT molecular complexity index is 1480. The third-order valence-electron chi connectivity index (χ3n) is 6.25. The van der Waals surface area contributed by atoms with Crippen LogP contribution in [-0.2, 0) is 16.1 Å². The average molecular weight is 561 g/mol. The lowest BCUT2D eigenvalue weighted by Crippen LogP contribution is -2.43. The van der Waals surface area contributed by atoms with E-state index in [0.717, 1.165) is 17.5 Å². The van der Waals surface area contributed by atoms with Gasteiger partial charge in [-0.05, 0) is 54.8 Å². The highest BCUT2D eigenvalue weighted by atomic mass is 35.5. The molecule has 1 aromatic heterocycles. The molecule has 8 nitrogen and oxygen atoms in total. The number of ether oxygens (including phenoxy) is 1. The van der Waals surface area contributed by atoms with Gasteiger partial charge in [-0.25, -0.2) is 9.78 Å². The molecule has 3 aromatic carbocycles. The van der Waals surface area contributed by atoms with Gasteiger partial charge in [0.15, 0.2) is 5.13 Å². The molecular formula is C29H25ClN4O4S. The van der Waals surface area contributed by atoms with E-state index in [9.17, 15) is 14.4 Å². The van der Waals surface area contributed by atoms with Gasteiger partial charge in [-0.3, -0.25) is 14.5 Å². The minimum Gasteiger partial charge on any atom is -0.445 e. The van der Waals surface area contributed by atoms with E-state index in [0.29, 0.717) is 40.1 Å². The second-order valence-corrected chi connectivity index (χ2v) is 10.3. The van der Waals surface area contributed by atoms with Crippen LogP contribution in [0.4, 0.5) is 15.6 Å². The second-order valence-electron chi connectivity index (χ2n) is 8.96. The van der Waals surface area contributed by atoms with Crippen molar-refractivity contribution in [3.63, 3.8) is 0 Å². The van der Waals surface area contributed by atoms with Crippen molar-refractivity contribution in [1.82, 2.24) is 9.88 Å². The lowest BCUT2D eigenvalue weighted by Gasteiger charge is -2.22. The maximum atomic E-state index is 13.0. The van der Waals surface area contributed by atoms with E-state index in [2.05, 4.69) is 15.6 Å². The summed E-state index contributed by atoms with van der Waals surface area (Å²) in [5, 5.41) is 8.53. The Labute approximate surface area is 234 Å². The van der Waals surface area contributed by atoms with E-state index in [1.165, 1.54) is 16.2 Å². The monoisotopic (exact) mass is 560 g/mol. The number of amides is 3. The van der Waals surface area contributed by atoms with E-state index < -0.39 is 12.1 Å². The molecule has 5 rings (SSSR count). The normalized spacial score (nSPS) is 14.6. The first-order chi connectivity index (χ1) is 19.0. The predicted molar refractivity (Wildman–Crippen MR) is 152 cm³/mol. The molecule has 10 heteroatoms.